The minimum atomic E-state index is -0.844. The number of carbonyl (C=O) groups excluding carboxylic acids is 1. The van der Waals surface area contributed by atoms with E-state index >= 15 is 0 Å². The molecule has 0 aliphatic carbocycles. The highest BCUT2D eigenvalue weighted by atomic mass is 16.4. The zero-order chi connectivity index (χ0) is 11.3. The van der Waals surface area contributed by atoms with Crippen molar-refractivity contribution in [2.24, 2.45) is 0 Å². The molecule has 1 aliphatic rings. The fourth-order valence-corrected chi connectivity index (χ4v) is 1.67. The molecule has 15 heavy (non-hydrogen) atoms. The number of carbonyl (C=O) groups is 2. The maximum absolute atomic E-state index is 11.6. The number of hydrogen-bond acceptors (Lipinski definition) is 3. The Morgan fingerprint density at radius 2 is 2.00 bits per heavy atom. The topological polar surface area (TPSA) is 69.6 Å². The molecule has 1 saturated heterocycles. The van der Waals surface area contributed by atoms with E-state index in [1.165, 1.54) is 0 Å². The number of aliphatic carboxylic acids is 1. The Bertz CT molecular complexity index is 237. The van der Waals surface area contributed by atoms with Gasteiger partial charge >= 0.3 is 5.97 Å². The molecule has 0 spiro atoms. The SMILES string of the molecule is CC(CC(=O)O)NCC(=O)N1CCCC1. The molecule has 86 valence electrons. The van der Waals surface area contributed by atoms with Gasteiger partial charge in [0, 0.05) is 19.1 Å². The van der Waals surface area contributed by atoms with E-state index in [9.17, 15) is 9.59 Å². The maximum atomic E-state index is 11.6. The average molecular weight is 214 g/mol. The number of nitrogens with one attached hydrogen (secondary N) is 1. The molecule has 1 unspecified atom stereocenters. The van der Waals surface area contributed by atoms with Crippen LogP contribution in [0.2, 0.25) is 0 Å². The van der Waals surface area contributed by atoms with Gasteiger partial charge in [0.05, 0.1) is 13.0 Å². The Hall–Kier alpha value is -1.10. The van der Waals surface area contributed by atoms with Gasteiger partial charge in [-0.3, -0.25) is 9.59 Å². The van der Waals surface area contributed by atoms with Crippen LogP contribution < -0.4 is 5.32 Å². The van der Waals surface area contributed by atoms with Gasteiger partial charge in [0.25, 0.3) is 0 Å². The van der Waals surface area contributed by atoms with E-state index in [-0.39, 0.29) is 24.9 Å². The van der Waals surface area contributed by atoms with Crippen molar-refractivity contribution in [1.29, 1.82) is 0 Å². The van der Waals surface area contributed by atoms with E-state index in [4.69, 9.17) is 5.11 Å². The summed E-state index contributed by atoms with van der Waals surface area (Å²) in [6.45, 7) is 3.70. The fourth-order valence-electron chi connectivity index (χ4n) is 1.67. The van der Waals surface area contributed by atoms with Crippen molar-refractivity contribution in [2.75, 3.05) is 19.6 Å². The minimum absolute atomic E-state index is 0.0489. The Balaban J connectivity index is 2.18. The molecule has 5 nitrogen and oxygen atoms in total. The smallest absolute Gasteiger partial charge is 0.304 e. The minimum Gasteiger partial charge on any atom is -0.481 e. The Kier molecular flexibility index (Phi) is 4.55. The molecule has 0 aromatic carbocycles. The van der Waals surface area contributed by atoms with E-state index in [1.807, 2.05) is 4.90 Å². The van der Waals surface area contributed by atoms with Gasteiger partial charge in [0.1, 0.15) is 0 Å². The summed E-state index contributed by atoms with van der Waals surface area (Å²) in [6, 6.07) is -0.158. The van der Waals surface area contributed by atoms with Crippen LogP contribution in [0.4, 0.5) is 0 Å². The molecule has 1 fully saturated rings. The largest absolute Gasteiger partial charge is 0.481 e. The predicted molar refractivity (Wildman–Crippen MR) is 55.5 cm³/mol. The van der Waals surface area contributed by atoms with Crippen LogP contribution in [0.25, 0.3) is 0 Å². The van der Waals surface area contributed by atoms with Gasteiger partial charge in [-0.15, -0.1) is 0 Å². The standard InChI is InChI=1S/C10H18N2O3/c1-8(6-10(14)15)11-7-9(13)12-4-2-3-5-12/h8,11H,2-7H2,1H3,(H,14,15). The van der Waals surface area contributed by atoms with Crippen LogP contribution in [-0.2, 0) is 9.59 Å². The van der Waals surface area contributed by atoms with Gasteiger partial charge in [-0.2, -0.15) is 0 Å². The quantitative estimate of drug-likeness (QED) is 0.679. The monoisotopic (exact) mass is 214 g/mol. The molecule has 0 aromatic heterocycles. The highest BCUT2D eigenvalue weighted by molar-refractivity contribution is 5.78. The molecule has 0 aromatic rings. The number of amides is 1. The van der Waals surface area contributed by atoms with Crippen LogP contribution in [0, 0.1) is 0 Å². The average Bonchev–Trinajstić information content (AvgIpc) is 2.65. The molecule has 1 amide bonds. The van der Waals surface area contributed by atoms with E-state index in [1.54, 1.807) is 6.92 Å². The second-order valence-corrected chi connectivity index (χ2v) is 3.97. The summed E-state index contributed by atoms with van der Waals surface area (Å²) >= 11 is 0. The Morgan fingerprint density at radius 1 is 1.40 bits per heavy atom. The summed E-state index contributed by atoms with van der Waals surface area (Å²) in [5.41, 5.74) is 0. The molecular formula is C10H18N2O3. The molecule has 5 heteroatoms. The van der Waals surface area contributed by atoms with Crippen LogP contribution in [0.5, 0.6) is 0 Å². The summed E-state index contributed by atoms with van der Waals surface area (Å²) in [5, 5.41) is 11.4. The van der Waals surface area contributed by atoms with Gasteiger partial charge in [0.15, 0.2) is 0 Å². The molecule has 0 radical (unpaired) electrons. The van der Waals surface area contributed by atoms with Gasteiger partial charge in [-0.25, -0.2) is 0 Å². The van der Waals surface area contributed by atoms with E-state index in [0.29, 0.717) is 0 Å². The van der Waals surface area contributed by atoms with Crippen molar-refractivity contribution in [1.82, 2.24) is 10.2 Å². The van der Waals surface area contributed by atoms with Crippen molar-refractivity contribution in [2.45, 2.75) is 32.2 Å². The van der Waals surface area contributed by atoms with Crippen molar-refractivity contribution in [3.05, 3.63) is 0 Å². The van der Waals surface area contributed by atoms with Gasteiger partial charge in [0.2, 0.25) is 5.91 Å². The first kappa shape index (κ1) is 12.0. The highest BCUT2D eigenvalue weighted by Gasteiger charge is 2.18. The van der Waals surface area contributed by atoms with Crippen molar-refractivity contribution < 1.29 is 14.7 Å². The van der Waals surface area contributed by atoms with E-state index < -0.39 is 5.97 Å². The third-order valence-corrected chi connectivity index (χ3v) is 2.54. The zero-order valence-corrected chi connectivity index (χ0v) is 9.03. The number of rotatable bonds is 5. The second kappa shape index (κ2) is 5.70. The Labute approximate surface area is 89.4 Å². The molecule has 0 bridgehead atoms. The van der Waals surface area contributed by atoms with Gasteiger partial charge in [-0.1, -0.05) is 0 Å². The van der Waals surface area contributed by atoms with Crippen LogP contribution in [0.3, 0.4) is 0 Å². The molecule has 1 aliphatic heterocycles. The summed E-state index contributed by atoms with van der Waals surface area (Å²) in [6.07, 6.45) is 2.21. The summed E-state index contributed by atoms with van der Waals surface area (Å²) in [7, 11) is 0. The van der Waals surface area contributed by atoms with E-state index in [2.05, 4.69) is 5.32 Å². The summed E-state index contributed by atoms with van der Waals surface area (Å²) < 4.78 is 0. The van der Waals surface area contributed by atoms with Gasteiger partial charge in [-0.05, 0) is 19.8 Å². The lowest BCUT2D eigenvalue weighted by Gasteiger charge is -2.17. The summed E-state index contributed by atoms with van der Waals surface area (Å²) in [5.74, 6) is -0.770. The number of likely N-dealkylation sites (tertiary alicyclic amines) is 1. The lowest BCUT2D eigenvalue weighted by Crippen LogP contribution is -2.40. The number of carboxylic acids is 1. The molecule has 1 rings (SSSR count). The first-order valence-corrected chi connectivity index (χ1v) is 5.32. The normalized spacial score (nSPS) is 17.8. The number of hydrogen-bond donors (Lipinski definition) is 2. The van der Waals surface area contributed by atoms with Crippen LogP contribution in [-0.4, -0.2) is 47.6 Å². The third kappa shape index (κ3) is 4.29. The van der Waals surface area contributed by atoms with Crippen molar-refractivity contribution >= 4 is 11.9 Å². The van der Waals surface area contributed by atoms with Crippen LogP contribution >= 0.6 is 0 Å². The van der Waals surface area contributed by atoms with Crippen LogP contribution in [0.15, 0.2) is 0 Å². The summed E-state index contributed by atoms with van der Waals surface area (Å²) in [4.78, 5) is 23.7. The van der Waals surface area contributed by atoms with Crippen molar-refractivity contribution in [3.63, 3.8) is 0 Å². The maximum Gasteiger partial charge on any atom is 0.304 e. The Morgan fingerprint density at radius 3 is 2.53 bits per heavy atom. The van der Waals surface area contributed by atoms with Crippen LogP contribution in [0.1, 0.15) is 26.2 Å². The molecule has 0 saturated carbocycles. The number of carboxylic acid groups (broad SMARTS) is 1. The molecule has 1 heterocycles. The molecule has 2 N–H and O–H groups in total. The highest BCUT2D eigenvalue weighted by Crippen LogP contribution is 2.06. The first-order chi connectivity index (χ1) is 7.09. The first-order valence-electron chi connectivity index (χ1n) is 5.32. The lowest BCUT2D eigenvalue weighted by molar-refractivity contribution is -0.138. The zero-order valence-electron chi connectivity index (χ0n) is 9.03. The number of nitrogens with zero attached hydrogens (tertiary/aromatic N) is 1. The molecule has 1 atom stereocenters. The lowest BCUT2D eigenvalue weighted by atomic mass is 10.2. The second-order valence-electron chi connectivity index (χ2n) is 3.97. The van der Waals surface area contributed by atoms with E-state index in [0.717, 1.165) is 25.9 Å². The van der Waals surface area contributed by atoms with Crippen molar-refractivity contribution in [3.8, 4) is 0 Å². The molecular weight excluding hydrogens is 196 g/mol. The fraction of sp³-hybridized carbons (Fsp3) is 0.800. The van der Waals surface area contributed by atoms with Gasteiger partial charge < -0.3 is 15.3 Å². The third-order valence-electron chi connectivity index (χ3n) is 2.54. The predicted octanol–water partition coefficient (Wildman–Crippen LogP) is 0.0616.